The highest BCUT2D eigenvalue weighted by molar-refractivity contribution is 5.96. The second kappa shape index (κ2) is 9.50. The van der Waals surface area contributed by atoms with Crippen LogP contribution in [0.2, 0.25) is 0 Å². The van der Waals surface area contributed by atoms with Crippen LogP contribution < -0.4 is 10.1 Å². The second-order valence-corrected chi connectivity index (χ2v) is 8.03. The van der Waals surface area contributed by atoms with Crippen molar-refractivity contribution in [3.8, 4) is 17.0 Å². The SMILES string of the molecule is COCCOC1CCC(NC(=O)c2cc3c(c(C(F)(F)F)c2)OCCn2cncc2-3)CC1. The predicted molar refractivity (Wildman–Crippen MR) is 109 cm³/mol. The first-order valence-electron chi connectivity index (χ1n) is 10.7. The Labute approximate surface area is 183 Å². The van der Waals surface area contributed by atoms with Crippen LogP contribution in [-0.2, 0) is 22.2 Å². The third kappa shape index (κ3) is 4.91. The molecule has 1 fully saturated rings. The summed E-state index contributed by atoms with van der Waals surface area (Å²) in [6.07, 6.45) is 1.44. The van der Waals surface area contributed by atoms with Crippen molar-refractivity contribution in [1.29, 1.82) is 0 Å². The van der Waals surface area contributed by atoms with Crippen molar-refractivity contribution in [2.24, 2.45) is 0 Å². The summed E-state index contributed by atoms with van der Waals surface area (Å²) in [5.41, 5.74) is -0.292. The summed E-state index contributed by atoms with van der Waals surface area (Å²) in [7, 11) is 1.61. The molecule has 2 aromatic rings. The van der Waals surface area contributed by atoms with Crippen molar-refractivity contribution in [3.63, 3.8) is 0 Å². The van der Waals surface area contributed by atoms with Gasteiger partial charge in [-0.15, -0.1) is 0 Å². The Bertz CT molecular complexity index is 952. The first kappa shape index (κ1) is 22.6. The standard InChI is InChI=1S/C22H26F3N3O4/c1-30-8-9-31-16-4-2-15(3-5-16)27-21(29)14-10-17-19-12-26-13-28(19)6-7-32-20(17)18(11-14)22(23,24)25/h10-13,15-16H,2-9H2,1H3,(H,27,29). The number of nitrogens with one attached hydrogen (secondary N) is 1. The molecule has 0 unspecified atom stereocenters. The van der Waals surface area contributed by atoms with Crippen molar-refractivity contribution < 1.29 is 32.2 Å². The summed E-state index contributed by atoms with van der Waals surface area (Å²) >= 11 is 0. The van der Waals surface area contributed by atoms with Gasteiger partial charge in [0.1, 0.15) is 12.4 Å². The van der Waals surface area contributed by atoms with Crippen LogP contribution in [0.4, 0.5) is 13.2 Å². The van der Waals surface area contributed by atoms with Gasteiger partial charge in [-0.1, -0.05) is 0 Å². The van der Waals surface area contributed by atoms with Crippen LogP contribution in [-0.4, -0.2) is 54.5 Å². The van der Waals surface area contributed by atoms with E-state index in [0.717, 1.165) is 18.9 Å². The fourth-order valence-corrected chi connectivity index (χ4v) is 4.23. The highest BCUT2D eigenvalue weighted by Crippen LogP contribution is 2.44. The van der Waals surface area contributed by atoms with E-state index in [9.17, 15) is 18.0 Å². The third-order valence-corrected chi connectivity index (χ3v) is 5.87. The fourth-order valence-electron chi connectivity index (χ4n) is 4.23. The number of fused-ring (bicyclic) bond motifs is 3. The van der Waals surface area contributed by atoms with Crippen molar-refractivity contribution in [2.45, 2.75) is 50.6 Å². The average Bonchev–Trinajstić information content (AvgIpc) is 3.15. The summed E-state index contributed by atoms with van der Waals surface area (Å²) in [5, 5.41) is 2.89. The maximum absolute atomic E-state index is 13.8. The first-order valence-corrected chi connectivity index (χ1v) is 10.7. The molecule has 1 aliphatic carbocycles. The van der Waals surface area contributed by atoms with Crippen LogP contribution in [0.1, 0.15) is 41.6 Å². The lowest BCUT2D eigenvalue weighted by atomic mass is 9.92. The van der Waals surface area contributed by atoms with Crippen LogP contribution in [0.25, 0.3) is 11.3 Å². The zero-order valence-corrected chi connectivity index (χ0v) is 17.8. The maximum atomic E-state index is 13.8. The number of imidazole rings is 1. The maximum Gasteiger partial charge on any atom is 0.420 e. The highest BCUT2D eigenvalue weighted by Gasteiger charge is 2.38. The molecule has 7 nitrogen and oxygen atoms in total. The number of hydrogen-bond donors (Lipinski definition) is 1. The number of methoxy groups -OCH3 is 1. The molecule has 1 saturated carbocycles. The fraction of sp³-hybridized carbons (Fsp3) is 0.545. The summed E-state index contributed by atoms with van der Waals surface area (Å²) in [6, 6.07) is 2.22. The zero-order chi connectivity index (χ0) is 22.7. The summed E-state index contributed by atoms with van der Waals surface area (Å²) < 4.78 is 59.4. The minimum Gasteiger partial charge on any atom is -0.490 e. The second-order valence-electron chi connectivity index (χ2n) is 8.03. The lowest BCUT2D eigenvalue weighted by molar-refractivity contribution is -0.138. The number of carbonyl (C=O) groups excluding carboxylic acids is 1. The van der Waals surface area contributed by atoms with Gasteiger partial charge in [-0.3, -0.25) is 4.79 Å². The number of aromatic nitrogens is 2. The monoisotopic (exact) mass is 453 g/mol. The van der Waals surface area contributed by atoms with Crippen molar-refractivity contribution in [2.75, 3.05) is 26.9 Å². The molecule has 0 radical (unpaired) electrons. The van der Waals surface area contributed by atoms with Crippen LogP contribution in [0.5, 0.6) is 5.75 Å². The van der Waals surface area contributed by atoms with Gasteiger partial charge in [0.15, 0.2) is 0 Å². The number of carbonyl (C=O) groups is 1. The Morgan fingerprint density at radius 3 is 2.75 bits per heavy atom. The van der Waals surface area contributed by atoms with Gasteiger partial charge in [0.05, 0.1) is 49.6 Å². The molecule has 0 bridgehead atoms. The highest BCUT2D eigenvalue weighted by atomic mass is 19.4. The molecule has 0 atom stereocenters. The number of halogens is 3. The van der Waals surface area contributed by atoms with Gasteiger partial charge in [0, 0.05) is 24.3 Å². The van der Waals surface area contributed by atoms with Crippen molar-refractivity contribution >= 4 is 5.91 Å². The van der Waals surface area contributed by atoms with Crippen molar-refractivity contribution in [1.82, 2.24) is 14.9 Å². The third-order valence-electron chi connectivity index (χ3n) is 5.87. The Balaban J connectivity index is 1.53. The van der Waals surface area contributed by atoms with Gasteiger partial charge in [-0.2, -0.15) is 13.2 Å². The number of alkyl halides is 3. The lowest BCUT2D eigenvalue weighted by Gasteiger charge is -2.29. The zero-order valence-electron chi connectivity index (χ0n) is 17.8. The Morgan fingerprint density at radius 2 is 2.03 bits per heavy atom. The van der Waals surface area contributed by atoms with E-state index in [0.29, 0.717) is 38.3 Å². The molecule has 2 heterocycles. The first-order chi connectivity index (χ1) is 15.4. The van der Waals surface area contributed by atoms with E-state index in [1.807, 2.05) is 0 Å². The van der Waals surface area contributed by atoms with Gasteiger partial charge in [0.2, 0.25) is 0 Å². The molecule has 0 saturated heterocycles. The number of ether oxygens (including phenoxy) is 3. The molecule has 1 aromatic carbocycles. The molecule has 174 valence electrons. The molecular weight excluding hydrogens is 427 g/mol. The van der Waals surface area contributed by atoms with Gasteiger partial charge in [-0.05, 0) is 37.8 Å². The summed E-state index contributed by atoms with van der Waals surface area (Å²) in [4.78, 5) is 17.0. The van der Waals surface area contributed by atoms with Crippen LogP contribution in [0.15, 0.2) is 24.7 Å². The molecule has 10 heteroatoms. The van der Waals surface area contributed by atoms with Crippen LogP contribution in [0.3, 0.4) is 0 Å². The molecule has 4 rings (SSSR count). The van der Waals surface area contributed by atoms with E-state index in [1.54, 1.807) is 18.0 Å². The van der Waals surface area contributed by atoms with Crippen LogP contribution in [0, 0.1) is 0 Å². The van der Waals surface area contributed by atoms with Gasteiger partial charge >= 0.3 is 6.18 Å². The minimum absolute atomic E-state index is 0.0483. The molecule has 1 N–H and O–H groups in total. The normalized spacial score (nSPS) is 20.6. The Hall–Kier alpha value is -2.59. The molecule has 1 aromatic heterocycles. The van der Waals surface area contributed by atoms with E-state index in [4.69, 9.17) is 14.2 Å². The smallest absolute Gasteiger partial charge is 0.420 e. The number of nitrogens with zero attached hydrogens (tertiary/aromatic N) is 2. The Morgan fingerprint density at radius 1 is 1.25 bits per heavy atom. The molecule has 1 aliphatic heterocycles. The number of rotatable bonds is 6. The predicted octanol–water partition coefficient (Wildman–Crippen LogP) is 3.67. The number of hydrogen-bond acceptors (Lipinski definition) is 5. The Kier molecular flexibility index (Phi) is 6.71. The van der Waals surface area contributed by atoms with E-state index in [1.165, 1.54) is 12.3 Å². The van der Waals surface area contributed by atoms with Gasteiger partial charge < -0.3 is 24.1 Å². The number of benzene rings is 1. The lowest BCUT2D eigenvalue weighted by Crippen LogP contribution is -2.39. The number of amides is 1. The molecular formula is C22H26F3N3O4. The van der Waals surface area contributed by atoms with E-state index >= 15 is 0 Å². The van der Waals surface area contributed by atoms with Crippen LogP contribution >= 0.6 is 0 Å². The van der Waals surface area contributed by atoms with E-state index in [-0.39, 0.29) is 35.6 Å². The molecule has 32 heavy (non-hydrogen) atoms. The largest absolute Gasteiger partial charge is 0.490 e. The molecule has 1 amide bonds. The topological polar surface area (TPSA) is 74.6 Å². The summed E-state index contributed by atoms with van der Waals surface area (Å²) in [6.45, 7) is 1.50. The summed E-state index contributed by atoms with van der Waals surface area (Å²) in [5.74, 6) is -0.792. The van der Waals surface area contributed by atoms with Gasteiger partial charge in [0.25, 0.3) is 5.91 Å². The minimum atomic E-state index is -4.66. The quantitative estimate of drug-likeness (QED) is 0.676. The molecule has 0 spiro atoms. The average molecular weight is 453 g/mol. The molecule has 2 aliphatic rings. The van der Waals surface area contributed by atoms with Crippen molar-refractivity contribution in [3.05, 3.63) is 35.8 Å². The van der Waals surface area contributed by atoms with E-state index < -0.39 is 17.6 Å². The van der Waals surface area contributed by atoms with Gasteiger partial charge in [-0.25, -0.2) is 4.98 Å². The van der Waals surface area contributed by atoms with E-state index in [2.05, 4.69) is 10.3 Å².